The van der Waals surface area contributed by atoms with Gasteiger partial charge in [-0.3, -0.25) is 9.46 Å². The van der Waals surface area contributed by atoms with Crippen LogP contribution < -0.4 is 0 Å². The molecule has 0 bridgehead atoms. The summed E-state index contributed by atoms with van der Waals surface area (Å²) in [5, 5.41) is 0. The molecule has 0 aliphatic rings. The second-order valence-corrected chi connectivity index (χ2v) is 13.4. The molecular weight excluding hydrogens is 477 g/mol. The van der Waals surface area contributed by atoms with E-state index in [9.17, 15) is 14.5 Å². The van der Waals surface area contributed by atoms with Crippen molar-refractivity contribution in [2.75, 3.05) is 27.2 Å². The number of Topliss-reactive ketones (excluding diaryl/α,β-unsaturated/α-hetero) is 1. The van der Waals surface area contributed by atoms with Crippen LogP contribution in [-0.2, 0) is 23.0 Å². The van der Waals surface area contributed by atoms with E-state index in [0.29, 0.717) is 19.5 Å². The molecule has 0 heterocycles. The van der Waals surface area contributed by atoms with Crippen molar-refractivity contribution in [3.8, 4) is 0 Å². The number of hydrogen-bond acceptors (Lipinski definition) is 3. The number of likely N-dealkylation sites (N-methyl/N-ethyl adjacent to an activating group) is 1. The number of benzene rings is 1. The van der Waals surface area contributed by atoms with Crippen LogP contribution in [0.4, 0.5) is 4.79 Å². The van der Waals surface area contributed by atoms with Gasteiger partial charge in [0.15, 0.2) is 5.78 Å². The van der Waals surface area contributed by atoms with Gasteiger partial charge in [-0.05, 0) is 50.6 Å². The number of urea groups is 1. The summed E-state index contributed by atoms with van der Waals surface area (Å²) in [6.07, 6.45) is 9.33. The largest absolute Gasteiger partial charge is 0.338 e. The minimum atomic E-state index is -3.48. The lowest BCUT2D eigenvalue weighted by Crippen LogP contribution is -2.52. The summed E-state index contributed by atoms with van der Waals surface area (Å²) in [6.45, 7) is 5.92. The summed E-state index contributed by atoms with van der Waals surface area (Å²) in [4.78, 5) is 40.3. The molecule has 0 aliphatic heterocycles. The molecule has 6 nitrogen and oxygen atoms in total. The number of carbonyl (C=O) groups excluding carboxylic acids is 2. The highest BCUT2D eigenvalue weighted by molar-refractivity contribution is 8.09. The Balaban J connectivity index is 3.03. The molecule has 200 valence electrons. The highest BCUT2D eigenvalue weighted by Crippen LogP contribution is 2.52. The van der Waals surface area contributed by atoms with Crippen molar-refractivity contribution in [2.24, 2.45) is 0 Å². The predicted octanol–water partition coefficient (Wildman–Crippen LogP) is 6.63. The van der Waals surface area contributed by atoms with Gasteiger partial charge in [-0.25, -0.2) is 9.46 Å². The summed E-state index contributed by atoms with van der Waals surface area (Å²) >= 11 is 5.71. The fourth-order valence-electron chi connectivity index (χ4n) is 4.14. The third-order valence-corrected chi connectivity index (χ3v) is 10.7. The van der Waals surface area contributed by atoms with Crippen LogP contribution in [0, 0.1) is 0 Å². The van der Waals surface area contributed by atoms with Crippen molar-refractivity contribution in [2.45, 2.75) is 97.4 Å². The standard InChI is InChI=1S/C27H48N3O3PS/c1-7-10-12-17-21-30(22-18-13-11-8-2)26(32)28(5)34(33,35)29(6)27(4,9-3)25(31)23-24-19-15-14-16-20-24/h14-16,19-20H,7-13,17-18,21-23H2,1-6H3,(H,33,35). The van der Waals surface area contributed by atoms with Gasteiger partial charge in [0.1, 0.15) is 0 Å². The lowest BCUT2D eigenvalue weighted by Gasteiger charge is -2.45. The van der Waals surface area contributed by atoms with Gasteiger partial charge in [0.2, 0.25) is 6.57 Å². The zero-order chi connectivity index (χ0) is 26.5. The molecule has 0 radical (unpaired) electrons. The summed E-state index contributed by atoms with van der Waals surface area (Å²) in [7, 11) is 3.27. The molecule has 0 fully saturated rings. The second-order valence-electron chi connectivity index (χ2n) is 9.66. The van der Waals surface area contributed by atoms with Gasteiger partial charge in [-0.15, -0.1) is 0 Å². The van der Waals surface area contributed by atoms with Gasteiger partial charge < -0.3 is 9.79 Å². The first kappa shape index (κ1) is 31.8. The Kier molecular flexibility index (Phi) is 14.3. The van der Waals surface area contributed by atoms with E-state index in [1.165, 1.54) is 4.67 Å². The van der Waals surface area contributed by atoms with E-state index in [4.69, 9.17) is 11.8 Å². The maximum Gasteiger partial charge on any atom is 0.326 e. The Labute approximate surface area is 219 Å². The first-order valence-corrected chi connectivity index (χ1v) is 15.9. The molecule has 2 atom stereocenters. The Bertz CT molecular complexity index is 811. The number of carbonyl (C=O) groups is 2. The number of rotatable bonds is 17. The molecule has 1 aromatic rings. The average Bonchev–Trinajstić information content (AvgIpc) is 2.86. The molecule has 1 aromatic carbocycles. The van der Waals surface area contributed by atoms with E-state index >= 15 is 0 Å². The number of amides is 2. The van der Waals surface area contributed by atoms with Gasteiger partial charge in [0, 0.05) is 26.6 Å². The maximum atomic E-state index is 13.5. The lowest BCUT2D eigenvalue weighted by atomic mass is 9.89. The number of hydrogen-bond donors (Lipinski definition) is 1. The number of nitrogens with zero attached hydrogens (tertiary/aromatic N) is 3. The minimum Gasteiger partial charge on any atom is -0.338 e. The van der Waals surface area contributed by atoms with E-state index < -0.39 is 12.1 Å². The van der Waals surface area contributed by atoms with Gasteiger partial charge in [0.05, 0.1) is 5.54 Å². The van der Waals surface area contributed by atoms with Crippen molar-refractivity contribution in [3.63, 3.8) is 0 Å². The first-order chi connectivity index (χ1) is 16.6. The Morgan fingerprint density at radius 2 is 1.43 bits per heavy atom. The van der Waals surface area contributed by atoms with Crippen LogP contribution in [0.3, 0.4) is 0 Å². The summed E-state index contributed by atoms with van der Waals surface area (Å²) in [5.74, 6) is -0.0196. The van der Waals surface area contributed by atoms with Crippen LogP contribution in [0.2, 0.25) is 0 Å². The summed E-state index contributed by atoms with van der Waals surface area (Å²) in [5.41, 5.74) is -0.0616. The molecule has 0 aliphatic carbocycles. The monoisotopic (exact) mass is 525 g/mol. The fraction of sp³-hybridized carbons (Fsp3) is 0.704. The molecule has 2 amide bonds. The molecular formula is C27H48N3O3PS. The average molecular weight is 526 g/mol. The highest BCUT2D eigenvalue weighted by atomic mass is 32.5. The molecule has 0 saturated carbocycles. The van der Waals surface area contributed by atoms with Crippen molar-refractivity contribution < 1.29 is 14.5 Å². The van der Waals surface area contributed by atoms with Gasteiger partial charge in [-0.2, -0.15) is 0 Å². The smallest absolute Gasteiger partial charge is 0.326 e. The highest BCUT2D eigenvalue weighted by Gasteiger charge is 2.44. The minimum absolute atomic E-state index is 0.0196. The quantitative estimate of drug-likeness (QED) is 0.183. The van der Waals surface area contributed by atoms with E-state index in [-0.39, 0.29) is 18.2 Å². The number of unbranched alkanes of at least 4 members (excludes halogenated alkanes) is 6. The molecule has 1 rings (SSSR count). The van der Waals surface area contributed by atoms with Gasteiger partial charge in [0.25, 0.3) is 0 Å². The summed E-state index contributed by atoms with van der Waals surface area (Å²) in [6, 6.07) is 9.34. The first-order valence-electron chi connectivity index (χ1n) is 13.2. The SMILES string of the molecule is CCCCCCN(CCCCCC)C(=O)N(C)P(O)(=S)N(C)C(C)(CC)C(=O)Cc1ccccc1. The number of ketones is 1. The van der Waals surface area contributed by atoms with Crippen molar-refractivity contribution in [1.82, 2.24) is 14.2 Å². The molecule has 2 unspecified atom stereocenters. The van der Waals surface area contributed by atoms with Crippen LogP contribution in [-0.4, -0.2) is 63.7 Å². The Hall–Kier alpha value is -1.27. The van der Waals surface area contributed by atoms with Gasteiger partial charge in [-0.1, -0.05) is 89.6 Å². The lowest BCUT2D eigenvalue weighted by molar-refractivity contribution is -0.126. The van der Waals surface area contributed by atoms with Crippen molar-refractivity contribution >= 4 is 30.2 Å². The molecule has 35 heavy (non-hydrogen) atoms. The van der Waals surface area contributed by atoms with Gasteiger partial charge >= 0.3 is 6.03 Å². The molecule has 0 saturated heterocycles. The van der Waals surface area contributed by atoms with Crippen molar-refractivity contribution in [3.05, 3.63) is 35.9 Å². The van der Waals surface area contributed by atoms with E-state index in [2.05, 4.69) is 13.8 Å². The van der Waals surface area contributed by atoms with E-state index in [0.717, 1.165) is 56.9 Å². The van der Waals surface area contributed by atoms with E-state index in [1.54, 1.807) is 18.8 Å². The Morgan fingerprint density at radius 3 is 1.89 bits per heavy atom. The van der Waals surface area contributed by atoms with Crippen LogP contribution >= 0.6 is 6.57 Å². The maximum absolute atomic E-state index is 13.5. The fourth-order valence-corrected chi connectivity index (χ4v) is 6.47. The normalized spacial score (nSPS) is 14.9. The topological polar surface area (TPSA) is 64.1 Å². The molecule has 1 N–H and O–H groups in total. The van der Waals surface area contributed by atoms with Crippen molar-refractivity contribution in [1.29, 1.82) is 0 Å². The van der Waals surface area contributed by atoms with E-state index in [1.807, 2.05) is 49.1 Å². The molecule has 0 spiro atoms. The van der Waals surface area contributed by atoms with Crippen LogP contribution in [0.15, 0.2) is 30.3 Å². The van der Waals surface area contributed by atoms with Crippen LogP contribution in [0.1, 0.15) is 91.0 Å². The third-order valence-electron chi connectivity index (χ3n) is 7.10. The molecule has 0 aromatic heterocycles. The zero-order valence-corrected chi connectivity index (χ0v) is 24.5. The van der Waals surface area contributed by atoms with Crippen LogP contribution in [0.25, 0.3) is 0 Å². The predicted molar refractivity (Wildman–Crippen MR) is 151 cm³/mol. The molecule has 8 heteroatoms. The summed E-state index contributed by atoms with van der Waals surface area (Å²) < 4.78 is 2.91. The third kappa shape index (κ3) is 9.27. The van der Waals surface area contributed by atoms with Crippen LogP contribution in [0.5, 0.6) is 0 Å². The Morgan fingerprint density at radius 1 is 0.914 bits per heavy atom. The zero-order valence-electron chi connectivity index (χ0n) is 22.8. The second kappa shape index (κ2) is 15.8.